The van der Waals surface area contributed by atoms with Crippen molar-refractivity contribution < 1.29 is 9.53 Å². The van der Waals surface area contributed by atoms with Crippen LogP contribution in [0.1, 0.15) is 10.4 Å². The molecule has 0 bridgehead atoms. The highest BCUT2D eigenvalue weighted by molar-refractivity contribution is 14.1. The van der Waals surface area contributed by atoms with E-state index in [2.05, 4.69) is 0 Å². The largest absolute Gasteiger partial charge is 0.457 e. The van der Waals surface area contributed by atoms with Crippen LogP contribution < -0.4 is 4.74 Å². The van der Waals surface area contributed by atoms with Gasteiger partial charge in [0.2, 0.25) is 0 Å². The number of carbonyl (C=O) groups excluding carboxylic acids is 1. The number of alkyl halides is 2. The van der Waals surface area contributed by atoms with E-state index in [9.17, 15) is 4.79 Å². The molecule has 0 heterocycles. The summed E-state index contributed by atoms with van der Waals surface area (Å²) in [5.41, 5.74) is 0.588. The molecule has 0 radical (unpaired) electrons. The zero-order valence-electron chi connectivity index (χ0n) is 9.35. The number of para-hydroxylation sites is 1. The first-order valence-corrected chi connectivity index (χ1v) is 7.00. The molecule has 0 spiro atoms. The second-order valence-electron chi connectivity index (χ2n) is 3.60. The van der Waals surface area contributed by atoms with Gasteiger partial charge in [0.25, 0.3) is 0 Å². The lowest BCUT2D eigenvalue weighted by Crippen LogP contribution is -2.06. The third-order valence-electron chi connectivity index (χ3n) is 2.32. The maximum absolute atomic E-state index is 11.6. The molecule has 1 atom stereocenters. The first-order chi connectivity index (χ1) is 8.66. The Morgan fingerprint density at radius 3 is 2.11 bits per heavy atom. The number of rotatable bonds is 4. The van der Waals surface area contributed by atoms with Crippen molar-refractivity contribution in [1.29, 1.82) is 0 Å². The number of Topliss-reactive ketones (excluding diaryl/α,β-unsaturated/α-hetero) is 1. The lowest BCUT2D eigenvalue weighted by molar-refractivity contribution is 0.101. The molecule has 2 aromatic rings. The zero-order valence-corrected chi connectivity index (χ0v) is 12.3. The van der Waals surface area contributed by atoms with E-state index in [1.807, 2.05) is 52.9 Å². The van der Waals surface area contributed by atoms with E-state index in [1.54, 1.807) is 24.3 Å². The van der Waals surface area contributed by atoms with Crippen LogP contribution >= 0.6 is 34.2 Å². The average molecular weight is 373 g/mol. The van der Waals surface area contributed by atoms with Crippen molar-refractivity contribution >= 4 is 40.0 Å². The molecule has 0 aliphatic carbocycles. The van der Waals surface area contributed by atoms with Crippen molar-refractivity contribution in [3.63, 3.8) is 0 Å². The van der Waals surface area contributed by atoms with E-state index >= 15 is 0 Å². The van der Waals surface area contributed by atoms with E-state index in [-0.39, 0.29) is 5.78 Å². The lowest BCUT2D eigenvalue weighted by Gasteiger charge is -2.06. The predicted octanol–water partition coefficient (Wildman–Crippen LogP) is 4.66. The minimum atomic E-state index is -0.538. The van der Waals surface area contributed by atoms with E-state index in [4.69, 9.17) is 16.3 Å². The van der Waals surface area contributed by atoms with Crippen LogP contribution in [0.25, 0.3) is 0 Å². The van der Waals surface area contributed by atoms with E-state index in [1.165, 1.54) is 0 Å². The number of hydrogen-bond donors (Lipinski definition) is 0. The van der Waals surface area contributed by atoms with Crippen molar-refractivity contribution in [1.82, 2.24) is 0 Å². The summed E-state index contributed by atoms with van der Waals surface area (Å²) >= 11 is 7.62. The van der Waals surface area contributed by atoms with Crippen LogP contribution in [0.2, 0.25) is 0 Å². The van der Waals surface area contributed by atoms with Gasteiger partial charge >= 0.3 is 0 Å². The quantitative estimate of drug-likeness (QED) is 0.443. The van der Waals surface area contributed by atoms with Gasteiger partial charge in [0.15, 0.2) is 5.78 Å². The molecule has 2 aromatic carbocycles. The van der Waals surface area contributed by atoms with Crippen molar-refractivity contribution in [2.24, 2.45) is 0 Å². The number of hydrogen-bond acceptors (Lipinski definition) is 2. The summed E-state index contributed by atoms with van der Waals surface area (Å²) < 4.78 is 5.09. The number of ketones is 1. The van der Waals surface area contributed by atoms with Gasteiger partial charge in [-0.15, -0.1) is 11.6 Å². The molecule has 4 heteroatoms. The molecule has 0 aromatic heterocycles. The van der Waals surface area contributed by atoms with Crippen molar-refractivity contribution in [3.8, 4) is 11.5 Å². The number of benzene rings is 2. The molecular weight excluding hydrogens is 363 g/mol. The Kier molecular flexibility index (Phi) is 4.60. The molecule has 0 saturated carbocycles. The first-order valence-electron chi connectivity index (χ1n) is 5.32. The molecule has 0 aliphatic rings. The van der Waals surface area contributed by atoms with Crippen LogP contribution in [-0.2, 0) is 0 Å². The van der Waals surface area contributed by atoms with Gasteiger partial charge in [-0.2, -0.15) is 0 Å². The summed E-state index contributed by atoms with van der Waals surface area (Å²) in [6.07, 6.45) is 0. The molecule has 92 valence electrons. The fourth-order valence-electron chi connectivity index (χ4n) is 1.44. The number of ether oxygens (including phenoxy) is 1. The third kappa shape index (κ3) is 3.46. The van der Waals surface area contributed by atoms with Gasteiger partial charge in [0, 0.05) is 5.56 Å². The second-order valence-corrected chi connectivity index (χ2v) is 6.02. The molecule has 2 rings (SSSR count). The Hall–Kier alpha value is -1.07. The van der Waals surface area contributed by atoms with Crippen LogP contribution in [0.3, 0.4) is 0 Å². The van der Waals surface area contributed by atoms with Gasteiger partial charge < -0.3 is 4.74 Å². The van der Waals surface area contributed by atoms with E-state index in [0.717, 1.165) is 5.75 Å². The fourth-order valence-corrected chi connectivity index (χ4v) is 1.92. The monoisotopic (exact) mass is 372 g/mol. The highest BCUT2D eigenvalue weighted by atomic mass is 127. The molecule has 0 aliphatic heterocycles. The average Bonchev–Trinajstić information content (AvgIpc) is 2.40. The topological polar surface area (TPSA) is 26.3 Å². The summed E-state index contributed by atoms with van der Waals surface area (Å²) in [4.78, 5) is 11.6. The number of carbonyl (C=O) groups is 1. The van der Waals surface area contributed by atoms with Crippen LogP contribution in [0.5, 0.6) is 11.5 Å². The zero-order chi connectivity index (χ0) is 13.0. The molecule has 0 N–H and O–H groups in total. The van der Waals surface area contributed by atoms with Crippen molar-refractivity contribution in [2.75, 3.05) is 0 Å². The lowest BCUT2D eigenvalue weighted by atomic mass is 10.1. The van der Waals surface area contributed by atoms with Gasteiger partial charge in [-0.05, 0) is 36.4 Å². The SMILES string of the molecule is O=C(c1ccc(Oc2ccccc2)cc1)C(Cl)I. The Morgan fingerprint density at radius 1 is 1.00 bits per heavy atom. The van der Waals surface area contributed by atoms with Crippen LogP contribution in [0.4, 0.5) is 0 Å². The van der Waals surface area contributed by atoms with Gasteiger partial charge in [-0.1, -0.05) is 40.8 Å². The highest BCUT2D eigenvalue weighted by Crippen LogP contribution is 2.22. The van der Waals surface area contributed by atoms with E-state index in [0.29, 0.717) is 11.3 Å². The van der Waals surface area contributed by atoms with Gasteiger partial charge in [-0.3, -0.25) is 4.79 Å². The fraction of sp³-hybridized carbons (Fsp3) is 0.0714. The van der Waals surface area contributed by atoms with Crippen LogP contribution in [0, 0.1) is 0 Å². The molecule has 0 saturated heterocycles. The Balaban J connectivity index is 2.11. The van der Waals surface area contributed by atoms with E-state index < -0.39 is 3.38 Å². The summed E-state index contributed by atoms with van der Waals surface area (Å²) in [5.74, 6) is 1.36. The van der Waals surface area contributed by atoms with Crippen LogP contribution in [-0.4, -0.2) is 9.17 Å². The minimum Gasteiger partial charge on any atom is -0.457 e. The molecule has 1 unspecified atom stereocenters. The first kappa shape index (κ1) is 13.4. The summed E-state index contributed by atoms with van der Waals surface area (Å²) in [6, 6.07) is 16.4. The summed E-state index contributed by atoms with van der Waals surface area (Å²) in [7, 11) is 0. The van der Waals surface area contributed by atoms with Crippen molar-refractivity contribution in [3.05, 3.63) is 60.2 Å². The Labute approximate surface area is 124 Å². The van der Waals surface area contributed by atoms with Crippen molar-refractivity contribution in [2.45, 2.75) is 3.38 Å². The Morgan fingerprint density at radius 2 is 1.56 bits per heavy atom. The standard InChI is InChI=1S/C14H10ClIO2/c15-14(16)13(17)10-6-8-12(9-7-10)18-11-4-2-1-3-5-11/h1-9,14H. The maximum Gasteiger partial charge on any atom is 0.190 e. The molecule has 18 heavy (non-hydrogen) atoms. The Bertz CT molecular complexity index is 523. The number of halogens is 2. The van der Waals surface area contributed by atoms with Gasteiger partial charge in [0.05, 0.1) is 0 Å². The second kappa shape index (κ2) is 6.20. The van der Waals surface area contributed by atoms with Crippen LogP contribution in [0.15, 0.2) is 54.6 Å². The summed E-state index contributed by atoms with van der Waals surface area (Å²) in [5, 5.41) is 0. The molecule has 0 amide bonds. The van der Waals surface area contributed by atoms with Gasteiger partial charge in [-0.25, -0.2) is 0 Å². The highest BCUT2D eigenvalue weighted by Gasteiger charge is 2.13. The predicted molar refractivity (Wildman–Crippen MR) is 80.9 cm³/mol. The molecule has 2 nitrogen and oxygen atoms in total. The third-order valence-corrected chi connectivity index (χ3v) is 3.08. The molecular formula is C14H10ClIO2. The smallest absolute Gasteiger partial charge is 0.190 e. The minimum absolute atomic E-state index is 0.0940. The summed E-state index contributed by atoms with van der Waals surface area (Å²) in [6.45, 7) is 0. The maximum atomic E-state index is 11.6. The van der Waals surface area contributed by atoms with Gasteiger partial charge in [0.1, 0.15) is 14.9 Å². The normalized spacial score (nSPS) is 11.9. The molecule has 0 fully saturated rings.